The number of esters is 1. The minimum absolute atomic E-state index is 0.104. The minimum Gasteiger partial charge on any atom is -0.467 e. The monoisotopic (exact) mass is 581 g/mol. The Labute approximate surface area is 231 Å². The molecule has 3 rings (SSSR count). The Morgan fingerprint density at radius 3 is 2.42 bits per heavy atom. The summed E-state index contributed by atoms with van der Waals surface area (Å²) in [5, 5.41) is 8.56. The molecule has 12 heteroatoms. The van der Waals surface area contributed by atoms with Crippen molar-refractivity contribution < 1.29 is 27.2 Å². The van der Waals surface area contributed by atoms with Gasteiger partial charge >= 0.3 is 5.97 Å². The fraction of sp³-hybridized carbons (Fsp3) is 0.308. The smallest absolute Gasteiger partial charge is 0.341 e. The summed E-state index contributed by atoms with van der Waals surface area (Å²) in [6.45, 7) is 7.26. The van der Waals surface area contributed by atoms with Crippen LogP contribution in [0.5, 0.6) is 0 Å². The number of nitrogens with one attached hydrogen (secondary N) is 1. The quantitative estimate of drug-likeness (QED) is 0.186. The number of sulfonamides is 1. The van der Waals surface area contributed by atoms with Gasteiger partial charge in [-0.3, -0.25) is 9.69 Å². The van der Waals surface area contributed by atoms with Gasteiger partial charge in [-0.05, 0) is 64.1 Å². The van der Waals surface area contributed by atoms with E-state index in [1.54, 1.807) is 48.2 Å². The van der Waals surface area contributed by atoms with E-state index in [0.29, 0.717) is 16.3 Å². The molecule has 0 bridgehead atoms. The maximum absolute atomic E-state index is 13.3. The third-order valence-corrected chi connectivity index (χ3v) is 7.39. The van der Waals surface area contributed by atoms with E-state index in [0.717, 1.165) is 6.07 Å². The summed E-state index contributed by atoms with van der Waals surface area (Å²) in [7, 11) is -4.23. The summed E-state index contributed by atoms with van der Waals surface area (Å²) in [6, 6.07) is 11.7. The van der Waals surface area contributed by atoms with Crippen molar-refractivity contribution in [1.82, 2.24) is 4.90 Å². The molecular weight excluding hydrogens is 553 g/mol. The van der Waals surface area contributed by atoms with Crippen LogP contribution in [-0.4, -0.2) is 43.4 Å². The molecule has 0 spiro atoms. The Bertz CT molecular complexity index is 1420. The molecule has 0 fully saturated rings. The second kappa shape index (κ2) is 11.9. The number of ether oxygens (including phenoxy) is 1. The number of ketones is 1. The van der Waals surface area contributed by atoms with Gasteiger partial charge in [0.15, 0.2) is 5.78 Å². The highest BCUT2D eigenvalue weighted by molar-refractivity contribution is 7.89. The molecule has 204 valence electrons. The van der Waals surface area contributed by atoms with Crippen molar-refractivity contribution in [2.75, 3.05) is 12.0 Å². The summed E-state index contributed by atoms with van der Waals surface area (Å²) < 4.78 is 35.0. The van der Waals surface area contributed by atoms with Crippen molar-refractivity contribution in [1.29, 1.82) is 0 Å². The van der Waals surface area contributed by atoms with Crippen LogP contribution in [0.4, 0.5) is 5.69 Å². The van der Waals surface area contributed by atoms with Crippen molar-refractivity contribution in [2.24, 2.45) is 5.14 Å². The average molecular weight is 583 g/mol. The van der Waals surface area contributed by atoms with Crippen LogP contribution in [0.3, 0.4) is 0 Å². The third kappa shape index (κ3) is 7.36. The minimum atomic E-state index is -4.23. The first-order chi connectivity index (χ1) is 17.7. The number of hydrogen-bond acceptors (Lipinski definition) is 8. The maximum atomic E-state index is 13.3. The van der Waals surface area contributed by atoms with E-state index in [2.05, 4.69) is 5.32 Å². The zero-order valence-corrected chi connectivity index (χ0v) is 23.7. The van der Waals surface area contributed by atoms with Crippen LogP contribution in [0.15, 0.2) is 64.1 Å². The van der Waals surface area contributed by atoms with Crippen molar-refractivity contribution in [2.45, 2.75) is 50.7 Å². The van der Waals surface area contributed by atoms with E-state index >= 15 is 0 Å². The zero-order chi connectivity index (χ0) is 28.3. The Kier molecular flexibility index (Phi) is 9.27. The van der Waals surface area contributed by atoms with E-state index in [1.165, 1.54) is 12.3 Å². The highest BCUT2D eigenvalue weighted by Crippen LogP contribution is 2.30. The molecule has 1 unspecified atom stereocenters. The number of benzene rings is 2. The summed E-state index contributed by atoms with van der Waals surface area (Å²) in [5.41, 5.74) is -0.0487. The summed E-state index contributed by atoms with van der Waals surface area (Å²) >= 11 is 12.2. The number of furan rings is 1. The first-order valence-electron chi connectivity index (χ1n) is 11.5. The molecule has 1 aromatic heterocycles. The molecule has 38 heavy (non-hydrogen) atoms. The van der Waals surface area contributed by atoms with E-state index in [1.807, 2.05) is 20.8 Å². The lowest BCUT2D eigenvalue weighted by molar-refractivity contribution is -0.0198. The van der Waals surface area contributed by atoms with Crippen LogP contribution in [0, 0.1) is 0 Å². The van der Waals surface area contributed by atoms with Gasteiger partial charge in [0.25, 0.3) is 0 Å². The van der Waals surface area contributed by atoms with Gasteiger partial charge in [-0.1, -0.05) is 35.3 Å². The van der Waals surface area contributed by atoms with Crippen molar-refractivity contribution in [3.63, 3.8) is 0 Å². The number of halogens is 2. The fourth-order valence-electron chi connectivity index (χ4n) is 3.80. The lowest BCUT2D eigenvalue weighted by atomic mass is 9.99. The molecule has 3 N–H and O–H groups in total. The summed E-state index contributed by atoms with van der Waals surface area (Å²) in [5.74, 6) is -0.476. The number of carbonyl (C=O) groups excluding carboxylic acids is 2. The molecule has 0 aliphatic rings. The molecule has 0 aliphatic carbocycles. The first-order valence-corrected chi connectivity index (χ1v) is 13.8. The van der Waals surface area contributed by atoms with E-state index in [9.17, 15) is 18.0 Å². The van der Waals surface area contributed by atoms with Gasteiger partial charge in [-0.15, -0.1) is 0 Å². The van der Waals surface area contributed by atoms with E-state index in [4.69, 9.17) is 37.5 Å². The molecule has 0 radical (unpaired) electrons. The average Bonchev–Trinajstić information content (AvgIpc) is 3.34. The maximum Gasteiger partial charge on any atom is 0.341 e. The van der Waals surface area contributed by atoms with Gasteiger partial charge in [0.2, 0.25) is 10.0 Å². The molecule has 2 aromatic carbocycles. The molecular formula is C26H29Cl2N3O6S. The molecule has 0 amide bonds. The molecule has 0 saturated heterocycles. The predicted octanol–water partition coefficient (Wildman–Crippen LogP) is 5.33. The Morgan fingerprint density at radius 2 is 1.84 bits per heavy atom. The second-order valence-electron chi connectivity index (χ2n) is 9.56. The first kappa shape index (κ1) is 29.7. The van der Waals surface area contributed by atoms with Gasteiger partial charge in [-0.2, -0.15) is 0 Å². The highest BCUT2D eigenvalue weighted by atomic mass is 35.5. The normalized spacial score (nSPS) is 12.8. The Balaban J connectivity index is 1.88. The van der Waals surface area contributed by atoms with Crippen LogP contribution >= 0.6 is 23.2 Å². The lowest BCUT2D eigenvalue weighted by Crippen LogP contribution is -2.51. The molecule has 9 nitrogen and oxygen atoms in total. The predicted molar refractivity (Wildman–Crippen MR) is 146 cm³/mol. The number of primary sulfonamides is 1. The number of nitrogens with zero attached hydrogens (tertiary/aromatic N) is 1. The largest absolute Gasteiger partial charge is 0.467 e. The van der Waals surface area contributed by atoms with Crippen LogP contribution < -0.4 is 10.5 Å². The van der Waals surface area contributed by atoms with Crippen molar-refractivity contribution in [3.05, 3.63) is 81.7 Å². The van der Waals surface area contributed by atoms with Gasteiger partial charge in [-0.25, -0.2) is 18.4 Å². The fourth-order valence-corrected chi connectivity index (χ4v) is 5.09. The summed E-state index contributed by atoms with van der Waals surface area (Å²) in [6.07, 6.45) is 1.50. The topological polar surface area (TPSA) is 132 Å². The molecule has 1 heterocycles. The molecule has 3 aromatic rings. The Hall–Kier alpha value is -2.89. The number of carbonyl (C=O) groups is 2. The second-order valence-corrected chi connectivity index (χ2v) is 11.9. The van der Waals surface area contributed by atoms with Crippen LogP contribution in [0.25, 0.3) is 0 Å². The van der Waals surface area contributed by atoms with E-state index < -0.39 is 32.5 Å². The van der Waals surface area contributed by atoms with Gasteiger partial charge in [0, 0.05) is 16.1 Å². The number of hydrogen-bond donors (Lipinski definition) is 2. The molecule has 0 saturated carbocycles. The SMILES string of the molecule is CC(C(=O)c1cccc(Cl)c1)N(COC(=O)c1cc(S(N)(=O)=O)c(Cl)cc1NCc1ccco1)C(C)(C)C. The van der Waals surface area contributed by atoms with Crippen LogP contribution in [-0.2, 0) is 21.3 Å². The number of anilines is 1. The third-order valence-electron chi connectivity index (χ3n) is 5.78. The van der Waals surface area contributed by atoms with Crippen molar-refractivity contribution in [3.8, 4) is 0 Å². The number of nitrogens with two attached hydrogens (primary N) is 1. The van der Waals surface area contributed by atoms with Gasteiger partial charge in [0.05, 0.1) is 35.1 Å². The van der Waals surface area contributed by atoms with Gasteiger partial charge in [0.1, 0.15) is 17.4 Å². The zero-order valence-electron chi connectivity index (χ0n) is 21.3. The standard InChI is InChI=1S/C26H29Cl2N3O6S/c1-16(24(32)17-7-5-8-18(27)11-17)31(26(2,3)4)15-37-25(33)20-12-23(38(29,34)35)21(28)13-22(20)30-14-19-9-6-10-36-19/h5-13,16,30H,14-15H2,1-4H3,(H2,29,34,35). The van der Waals surface area contributed by atoms with E-state index in [-0.39, 0.29) is 35.3 Å². The molecule has 0 aliphatic heterocycles. The molecule has 1 atom stereocenters. The lowest BCUT2D eigenvalue weighted by Gasteiger charge is -2.38. The Morgan fingerprint density at radius 1 is 1.13 bits per heavy atom. The highest BCUT2D eigenvalue weighted by Gasteiger charge is 2.32. The van der Waals surface area contributed by atoms with Gasteiger partial charge < -0.3 is 14.5 Å². The number of rotatable bonds is 10. The van der Waals surface area contributed by atoms with Crippen molar-refractivity contribution >= 4 is 50.7 Å². The summed E-state index contributed by atoms with van der Waals surface area (Å²) in [4.78, 5) is 27.7. The van der Waals surface area contributed by atoms with Crippen LogP contribution in [0.2, 0.25) is 10.0 Å². The number of Topliss-reactive ketones (excluding diaryl/α,β-unsaturated/α-hetero) is 1. The van der Waals surface area contributed by atoms with Crippen LogP contribution in [0.1, 0.15) is 54.2 Å².